The van der Waals surface area contributed by atoms with Gasteiger partial charge in [-0.05, 0) is 31.5 Å². The Hall–Kier alpha value is -1.83. The molecule has 1 fully saturated rings. The SMILES string of the molecule is O=C(NCC(F)(F)F)[C@H]1CCCN1CCOc1ccccc1F. The summed E-state index contributed by atoms with van der Waals surface area (Å²) in [5.74, 6) is -0.996. The van der Waals surface area contributed by atoms with Crippen LogP contribution < -0.4 is 10.1 Å². The zero-order valence-corrected chi connectivity index (χ0v) is 12.4. The van der Waals surface area contributed by atoms with Crippen LogP contribution in [0.3, 0.4) is 0 Å². The second-order valence-electron chi connectivity index (χ2n) is 5.31. The molecule has 1 aliphatic rings. The van der Waals surface area contributed by atoms with Crippen molar-refractivity contribution in [1.82, 2.24) is 10.2 Å². The largest absolute Gasteiger partial charge is 0.489 e. The lowest BCUT2D eigenvalue weighted by Gasteiger charge is -2.23. The fourth-order valence-corrected chi connectivity index (χ4v) is 2.53. The van der Waals surface area contributed by atoms with Crippen LogP contribution in [0.15, 0.2) is 24.3 Å². The first-order chi connectivity index (χ1) is 10.9. The van der Waals surface area contributed by atoms with Crippen molar-refractivity contribution in [2.24, 2.45) is 0 Å². The Kier molecular flexibility index (Phi) is 5.81. The molecule has 128 valence electrons. The van der Waals surface area contributed by atoms with Gasteiger partial charge in [-0.15, -0.1) is 0 Å². The molecule has 4 nitrogen and oxygen atoms in total. The number of nitrogens with one attached hydrogen (secondary N) is 1. The van der Waals surface area contributed by atoms with Crippen LogP contribution in [0.1, 0.15) is 12.8 Å². The number of ether oxygens (including phenoxy) is 1. The number of nitrogens with zero attached hydrogens (tertiary/aromatic N) is 1. The Morgan fingerprint density at radius 2 is 2.09 bits per heavy atom. The van der Waals surface area contributed by atoms with Gasteiger partial charge in [0, 0.05) is 6.54 Å². The average molecular weight is 334 g/mol. The predicted octanol–water partition coefficient (Wildman–Crippen LogP) is 2.35. The van der Waals surface area contributed by atoms with Crippen molar-refractivity contribution in [1.29, 1.82) is 0 Å². The van der Waals surface area contributed by atoms with Crippen molar-refractivity contribution in [2.45, 2.75) is 25.1 Å². The van der Waals surface area contributed by atoms with Gasteiger partial charge in [-0.3, -0.25) is 9.69 Å². The van der Waals surface area contributed by atoms with Gasteiger partial charge < -0.3 is 10.1 Å². The molecule has 23 heavy (non-hydrogen) atoms. The summed E-state index contributed by atoms with van der Waals surface area (Å²) in [6.07, 6.45) is -3.19. The zero-order valence-electron chi connectivity index (χ0n) is 12.4. The Bertz CT molecular complexity index is 536. The van der Waals surface area contributed by atoms with Gasteiger partial charge in [0.1, 0.15) is 13.2 Å². The summed E-state index contributed by atoms with van der Waals surface area (Å²) in [7, 11) is 0. The van der Waals surface area contributed by atoms with E-state index < -0.39 is 30.5 Å². The highest BCUT2D eigenvalue weighted by molar-refractivity contribution is 5.82. The van der Waals surface area contributed by atoms with Crippen molar-refractivity contribution in [2.75, 3.05) is 26.2 Å². The van der Waals surface area contributed by atoms with Crippen LogP contribution in [-0.2, 0) is 4.79 Å². The molecule has 1 heterocycles. The molecule has 0 aromatic heterocycles. The molecule has 0 spiro atoms. The Morgan fingerprint density at radius 3 is 2.78 bits per heavy atom. The molecule has 2 rings (SSSR count). The number of halogens is 4. The molecule has 0 unspecified atom stereocenters. The summed E-state index contributed by atoms with van der Waals surface area (Å²) < 4.78 is 55.1. The molecule has 0 bridgehead atoms. The van der Waals surface area contributed by atoms with Gasteiger partial charge >= 0.3 is 6.18 Å². The van der Waals surface area contributed by atoms with Gasteiger partial charge in [-0.2, -0.15) is 13.2 Å². The number of alkyl halides is 3. The van der Waals surface area contributed by atoms with Gasteiger partial charge in [-0.25, -0.2) is 4.39 Å². The lowest BCUT2D eigenvalue weighted by Crippen LogP contribution is -2.46. The normalized spacial score (nSPS) is 18.9. The summed E-state index contributed by atoms with van der Waals surface area (Å²) >= 11 is 0. The zero-order chi connectivity index (χ0) is 16.9. The van der Waals surface area contributed by atoms with Crippen LogP contribution in [0.2, 0.25) is 0 Å². The second kappa shape index (κ2) is 7.63. The van der Waals surface area contributed by atoms with Gasteiger partial charge in [0.15, 0.2) is 11.6 Å². The second-order valence-corrected chi connectivity index (χ2v) is 5.31. The Labute approximate surface area is 131 Å². The molecule has 1 N–H and O–H groups in total. The van der Waals surface area contributed by atoms with E-state index in [2.05, 4.69) is 0 Å². The number of carbonyl (C=O) groups excluding carboxylic acids is 1. The Balaban J connectivity index is 1.80. The maximum Gasteiger partial charge on any atom is 0.405 e. The van der Waals surface area contributed by atoms with Crippen LogP contribution in [0.5, 0.6) is 5.75 Å². The minimum Gasteiger partial charge on any atom is -0.489 e. The summed E-state index contributed by atoms with van der Waals surface area (Å²) in [4.78, 5) is 13.6. The quantitative estimate of drug-likeness (QED) is 0.812. The number of para-hydroxylation sites is 1. The number of hydrogen-bond donors (Lipinski definition) is 1. The molecule has 1 aromatic rings. The van der Waals surface area contributed by atoms with Gasteiger partial charge in [0.2, 0.25) is 5.91 Å². The fourth-order valence-electron chi connectivity index (χ4n) is 2.53. The molecule has 1 atom stereocenters. The minimum atomic E-state index is -4.42. The number of amides is 1. The van der Waals surface area contributed by atoms with Crippen molar-refractivity contribution in [3.63, 3.8) is 0 Å². The average Bonchev–Trinajstić information content (AvgIpc) is 2.94. The van der Waals surface area contributed by atoms with E-state index >= 15 is 0 Å². The monoisotopic (exact) mass is 334 g/mol. The molecular formula is C15H18F4N2O2. The lowest BCUT2D eigenvalue weighted by atomic mass is 10.2. The molecule has 0 radical (unpaired) electrons. The van der Waals surface area contributed by atoms with E-state index in [0.717, 1.165) is 6.42 Å². The molecule has 0 saturated carbocycles. The van der Waals surface area contributed by atoms with Crippen LogP contribution in [0, 0.1) is 5.82 Å². The minimum absolute atomic E-state index is 0.116. The summed E-state index contributed by atoms with van der Waals surface area (Å²) in [5, 5.41) is 1.91. The summed E-state index contributed by atoms with van der Waals surface area (Å²) in [6, 6.07) is 5.36. The van der Waals surface area contributed by atoms with Crippen LogP contribution in [-0.4, -0.2) is 49.3 Å². The van der Waals surface area contributed by atoms with E-state index in [1.807, 2.05) is 5.32 Å². The van der Waals surface area contributed by atoms with E-state index in [9.17, 15) is 22.4 Å². The lowest BCUT2D eigenvalue weighted by molar-refractivity contribution is -0.141. The van der Waals surface area contributed by atoms with Crippen molar-refractivity contribution < 1.29 is 27.1 Å². The van der Waals surface area contributed by atoms with E-state index in [1.165, 1.54) is 12.1 Å². The van der Waals surface area contributed by atoms with Crippen molar-refractivity contribution in [3.8, 4) is 5.75 Å². The topological polar surface area (TPSA) is 41.6 Å². The van der Waals surface area contributed by atoms with E-state index in [4.69, 9.17) is 4.74 Å². The molecule has 8 heteroatoms. The Morgan fingerprint density at radius 1 is 1.35 bits per heavy atom. The van der Waals surface area contributed by atoms with Crippen LogP contribution in [0.4, 0.5) is 17.6 Å². The third kappa shape index (κ3) is 5.38. The van der Waals surface area contributed by atoms with Gasteiger partial charge in [0.25, 0.3) is 0 Å². The molecule has 1 aliphatic heterocycles. The first-order valence-electron chi connectivity index (χ1n) is 7.32. The molecule has 1 amide bonds. The number of hydrogen-bond acceptors (Lipinski definition) is 3. The smallest absolute Gasteiger partial charge is 0.405 e. The number of rotatable bonds is 6. The highest BCUT2D eigenvalue weighted by Gasteiger charge is 2.33. The van der Waals surface area contributed by atoms with Gasteiger partial charge in [-0.1, -0.05) is 12.1 Å². The van der Waals surface area contributed by atoms with Crippen LogP contribution >= 0.6 is 0 Å². The summed E-state index contributed by atoms with van der Waals surface area (Å²) in [5.41, 5.74) is 0. The molecule has 1 saturated heterocycles. The van der Waals surface area contributed by atoms with E-state index in [-0.39, 0.29) is 12.4 Å². The van der Waals surface area contributed by atoms with E-state index in [1.54, 1.807) is 17.0 Å². The first-order valence-corrected chi connectivity index (χ1v) is 7.32. The van der Waals surface area contributed by atoms with E-state index in [0.29, 0.717) is 19.5 Å². The summed E-state index contributed by atoms with van der Waals surface area (Å²) in [6.45, 7) is -0.227. The highest BCUT2D eigenvalue weighted by atomic mass is 19.4. The third-order valence-electron chi connectivity index (χ3n) is 3.60. The maximum absolute atomic E-state index is 13.4. The number of carbonyl (C=O) groups is 1. The molecule has 0 aliphatic carbocycles. The predicted molar refractivity (Wildman–Crippen MR) is 75.6 cm³/mol. The van der Waals surface area contributed by atoms with Gasteiger partial charge in [0.05, 0.1) is 6.04 Å². The van der Waals surface area contributed by atoms with Crippen LogP contribution in [0.25, 0.3) is 0 Å². The maximum atomic E-state index is 13.4. The molecular weight excluding hydrogens is 316 g/mol. The number of likely N-dealkylation sites (tertiary alicyclic amines) is 1. The number of benzene rings is 1. The first kappa shape index (κ1) is 17.5. The standard InChI is InChI=1S/C15H18F4N2O2/c16-11-4-1-2-6-13(11)23-9-8-21-7-3-5-12(21)14(22)20-10-15(17,18)19/h1-2,4,6,12H,3,5,7-10H2,(H,20,22)/t12-/m1/s1. The highest BCUT2D eigenvalue weighted by Crippen LogP contribution is 2.19. The molecule has 1 aromatic carbocycles. The van der Waals surface area contributed by atoms with Crippen molar-refractivity contribution in [3.05, 3.63) is 30.1 Å². The fraction of sp³-hybridized carbons (Fsp3) is 0.533. The third-order valence-corrected chi connectivity index (χ3v) is 3.60. The van der Waals surface area contributed by atoms with Crippen molar-refractivity contribution >= 4 is 5.91 Å².